The lowest BCUT2D eigenvalue weighted by Gasteiger charge is -2.36. The second-order valence-corrected chi connectivity index (χ2v) is 24.4. The van der Waals surface area contributed by atoms with Crippen LogP contribution in [0.25, 0.3) is 21.5 Å². The molecule has 0 N–H and O–H groups in total. The van der Waals surface area contributed by atoms with Crippen LogP contribution in [0.1, 0.15) is 55.4 Å². The molecule has 0 heterocycles. The lowest BCUT2D eigenvalue weighted by Crippen LogP contribution is -2.39. The summed E-state index contributed by atoms with van der Waals surface area (Å²) in [6.07, 6.45) is 0. The molecule has 0 unspecified atom stereocenters. The first kappa shape index (κ1) is 29.7. The summed E-state index contributed by atoms with van der Waals surface area (Å²) in [5.74, 6) is 0. The van der Waals surface area contributed by atoms with Crippen LogP contribution in [0.5, 0.6) is 0 Å². The van der Waals surface area contributed by atoms with Crippen LogP contribution in [0.3, 0.4) is 0 Å². The highest BCUT2D eigenvalue weighted by atomic mass is 31.2. The van der Waals surface area contributed by atoms with E-state index in [0.717, 1.165) is 0 Å². The van der Waals surface area contributed by atoms with Crippen LogP contribution in [0.15, 0.2) is 72.8 Å². The SMILES string of the molecule is CC(C)[P+](C)(c1cc2ccccc2cc1P(C)c1cc2ccccc2cc1[P+](C)(C(C)C)C(C)C)C(C)C. The van der Waals surface area contributed by atoms with Crippen LogP contribution in [-0.2, 0) is 0 Å². The zero-order chi connectivity index (χ0) is 28.0. The Hall–Kier alpha value is -1.31. The van der Waals surface area contributed by atoms with Crippen molar-refractivity contribution in [3.05, 3.63) is 72.8 Å². The van der Waals surface area contributed by atoms with Gasteiger partial charge in [-0.25, -0.2) is 0 Å². The van der Waals surface area contributed by atoms with Gasteiger partial charge in [0.25, 0.3) is 0 Å². The fourth-order valence-corrected chi connectivity index (χ4v) is 16.7. The summed E-state index contributed by atoms with van der Waals surface area (Å²) in [4.78, 5) is 0. The van der Waals surface area contributed by atoms with Crippen molar-refractivity contribution in [1.82, 2.24) is 0 Å². The van der Waals surface area contributed by atoms with Gasteiger partial charge in [0.2, 0.25) is 0 Å². The van der Waals surface area contributed by atoms with E-state index in [1.54, 1.807) is 21.2 Å². The summed E-state index contributed by atoms with van der Waals surface area (Å²) in [6, 6.07) is 28.4. The summed E-state index contributed by atoms with van der Waals surface area (Å²) in [6.45, 7) is 27.5. The van der Waals surface area contributed by atoms with Gasteiger partial charge in [-0.05, 0) is 116 Å². The van der Waals surface area contributed by atoms with Crippen molar-refractivity contribution in [3.8, 4) is 0 Å². The minimum atomic E-state index is -1.40. The Kier molecular flexibility index (Phi) is 8.81. The van der Waals surface area contributed by atoms with Crippen molar-refractivity contribution in [3.63, 3.8) is 0 Å². The molecule has 0 aromatic heterocycles. The topological polar surface area (TPSA) is 0 Å². The fourth-order valence-electron chi connectivity index (χ4n) is 6.18. The Morgan fingerprint density at radius 3 is 1.00 bits per heavy atom. The van der Waals surface area contributed by atoms with E-state index in [1.807, 2.05) is 0 Å². The first-order valence-electron chi connectivity index (χ1n) is 14.4. The Morgan fingerprint density at radius 2 is 0.737 bits per heavy atom. The van der Waals surface area contributed by atoms with Crippen molar-refractivity contribution in [1.29, 1.82) is 0 Å². The zero-order valence-corrected chi connectivity index (χ0v) is 28.3. The van der Waals surface area contributed by atoms with Gasteiger partial charge in [0.1, 0.15) is 10.6 Å². The summed E-state index contributed by atoms with van der Waals surface area (Å²) in [5.41, 5.74) is 2.63. The summed E-state index contributed by atoms with van der Waals surface area (Å²) < 4.78 is 0. The molecule has 0 fully saturated rings. The molecule has 0 aliphatic rings. The van der Waals surface area contributed by atoms with Crippen molar-refractivity contribution in [2.24, 2.45) is 0 Å². The molecule has 3 heteroatoms. The molecule has 4 rings (SSSR count). The van der Waals surface area contributed by atoms with Crippen LogP contribution in [-0.4, -0.2) is 42.6 Å². The van der Waals surface area contributed by atoms with Gasteiger partial charge in [0.15, 0.2) is 0 Å². The average Bonchev–Trinajstić information content (AvgIpc) is 2.89. The highest BCUT2D eigenvalue weighted by Crippen LogP contribution is 2.64. The molecule has 0 spiro atoms. The molecule has 0 radical (unpaired) electrons. The molecule has 0 saturated heterocycles. The van der Waals surface area contributed by atoms with Gasteiger partial charge in [0, 0.05) is 25.1 Å². The first-order valence-corrected chi connectivity index (χ1v) is 20.9. The maximum atomic E-state index is 2.62. The smallest absolute Gasteiger partial charge is 0.0616 e. The van der Waals surface area contributed by atoms with Crippen molar-refractivity contribution in [2.75, 3.05) is 20.0 Å². The monoisotopic (exact) mass is 562 g/mol. The van der Waals surface area contributed by atoms with Gasteiger partial charge in [0.05, 0.1) is 36.0 Å². The third kappa shape index (κ3) is 5.01. The molecule has 0 nitrogen and oxygen atoms in total. The second kappa shape index (κ2) is 11.3. The third-order valence-electron chi connectivity index (χ3n) is 9.74. The Balaban J connectivity index is 2.09. The molecule has 0 aliphatic heterocycles. The van der Waals surface area contributed by atoms with E-state index in [2.05, 4.69) is 148 Å². The van der Waals surface area contributed by atoms with Crippen LogP contribution in [0, 0.1) is 0 Å². The van der Waals surface area contributed by atoms with E-state index in [4.69, 9.17) is 0 Å². The molecular weight excluding hydrogens is 513 g/mol. The molecule has 38 heavy (non-hydrogen) atoms. The van der Waals surface area contributed by atoms with Gasteiger partial charge < -0.3 is 0 Å². The lowest BCUT2D eigenvalue weighted by atomic mass is 10.1. The molecule has 0 saturated carbocycles. The first-order chi connectivity index (χ1) is 17.8. The van der Waals surface area contributed by atoms with Gasteiger partial charge in [-0.2, -0.15) is 0 Å². The second-order valence-electron chi connectivity index (χ2n) is 12.6. The normalized spacial score (nSPS) is 13.3. The van der Waals surface area contributed by atoms with Crippen LogP contribution in [0.4, 0.5) is 0 Å². The molecule has 0 amide bonds. The highest BCUT2D eigenvalue weighted by molar-refractivity contribution is 7.88. The summed E-state index contributed by atoms with van der Waals surface area (Å²) in [7, 11) is -3.33. The molecular formula is C35H49P3+2. The zero-order valence-electron chi connectivity index (χ0n) is 25.6. The Morgan fingerprint density at radius 1 is 0.474 bits per heavy atom. The predicted octanol–water partition coefficient (Wildman–Crippen LogP) is 9.23. The standard InChI is InChI=1S/C35H49P3/c1-24(2)37(10,25(3)4)34-22-30-18-14-12-16-28(30)20-32(34)36(9)33-21-29-17-13-15-19-31(29)23-35(33)38(11,26(5)6)27(7)8/h12-27H,1-11H3/q+2. The minimum absolute atomic E-state index is 0.531. The lowest BCUT2D eigenvalue weighted by molar-refractivity contribution is 0.999. The number of benzene rings is 4. The summed E-state index contributed by atoms with van der Waals surface area (Å²) in [5, 5.41) is 12.1. The minimum Gasteiger partial charge on any atom is -0.0616 e. The maximum Gasteiger partial charge on any atom is 0.103 e. The van der Waals surface area contributed by atoms with E-state index < -0.39 is 22.4 Å². The van der Waals surface area contributed by atoms with Crippen molar-refractivity contribution >= 4 is 65.2 Å². The molecule has 4 aromatic carbocycles. The van der Waals surface area contributed by atoms with E-state index in [-0.39, 0.29) is 0 Å². The van der Waals surface area contributed by atoms with Crippen molar-refractivity contribution in [2.45, 2.75) is 78.0 Å². The van der Waals surface area contributed by atoms with Gasteiger partial charge in [-0.15, -0.1) is 0 Å². The fraction of sp³-hybridized carbons (Fsp3) is 0.429. The van der Waals surface area contributed by atoms with Gasteiger partial charge >= 0.3 is 0 Å². The van der Waals surface area contributed by atoms with Crippen LogP contribution >= 0.6 is 22.4 Å². The van der Waals surface area contributed by atoms with Crippen molar-refractivity contribution < 1.29 is 0 Å². The number of hydrogen-bond acceptors (Lipinski definition) is 0. The predicted molar refractivity (Wildman–Crippen MR) is 186 cm³/mol. The number of fused-ring (bicyclic) bond motifs is 2. The molecule has 0 bridgehead atoms. The molecule has 202 valence electrons. The summed E-state index contributed by atoms with van der Waals surface area (Å²) >= 11 is 0. The van der Waals surface area contributed by atoms with Crippen LogP contribution < -0.4 is 21.2 Å². The van der Waals surface area contributed by atoms with E-state index in [0.29, 0.717) is 22.6 Å². The Bertz CT molecular complexity index is 1300. The number of hydrogen-bond donors (Lipinski definition) is 0. The highest BCUT2D eigenvalue weighted by Gasteiger charge is 2.47. The molecule has 4 aromatic rings. The van der Waals surface area contributed by atoms with Gasteiger partial charge in [-0.1, -0.05) is 48.5 Å². The third-order valence-corrected chi connectivity index (χ3v) is 23.7. The average molecular weight is 563 g/mol. The quantitative estimate of drug-likeness (QED) is 0.188. The van der Waals surface area contributed by atoms with Gasteiger partial charge in [-0.3, -0.25) is 0 Å². The molecule has 0 aliphatic carbocycles. The maximum absolute atomic E-state index is 2.62. The molecule has 0 atom stereocenters. The van der Waals surface area contributed by atoms with E-state index in [9.17, 15) is 0 Å². The number of rotatable bonds is 8. The Labute approximate surface area is 235 Å². The van der Waals surface area contributed by atoms with E-state index >= 15 is 0 Å². The van der Waals surface area contributed by atoms with E-state index in [1.165, 1.54) is 21.5 Å². The van der Waals surface area contributed by atoms with Crippen LogP contribution in [0.2, 0.25) is 0 Å². The largest absolute Gasteiger partial charge is 0.103 e.